The molecule has 146 valence electrons. The van der Waals surface area contributed by atoms with Crippen molar-refractivity contribution in [1.82, 2.24) is 4.90 Å². The highest BCUT2D eigenvalue weighted by Crippen LogP contribution is 2.32. The molecule has 0 radical (unpaired) electrons. The maximum Gasteiger partial charge on any atom is 0.242 e. The normalized spacial score (nSPS) is 18.0. The average molecular weight is 440 g/mol. The minimum Gasteiger partial charge on any atom is -0.326 e. The molecule has 0 unspecified atom stereocenters. The first-order valence-corrected chi connectivity index (χ1v) is 9.92. The van der Waals surface area contributed by atoms with E-state index >= 15 is 0 Å². The SMILES string of the molecule is Cc1c(Cl)cccc1NC(=O)C[C@H]1SC(=Nc2ccc(F)c(Cl)c2)N(C)C1=O. The molecule has 5 nitrogen and oxygen atoms in total. The zero-order valence-electron chi connectivity index (χ0n) is 15.0. The van der Waals surface area contributed by atoms with Crippen LogP contribution in [-0.2, 0) is 9.59 Å². The summed E-state index contributed by atoms with van der Waals surface area (Å²) < 4.78 is 13.3. The number of aliphatic imine (C=N–C) groups is 1. The zero-order chi connectivity index (χ0) is 20.4. The molecule has 1 saturated heterocycles. The Morgan fingerprint density at radius 3 is 2.75 bits per heavy atom. The summed E-state index contributed by atoms with van der Waals surface area (Å²) in [6, 6.07) is 9.29. The van der Waals surface area contributed by atoms with Crippen molar-refractivity contribution in [2.75, 3.05) is 12.4 Å². The lowest BCUT2D eigenvalue weighted by Crippen LogP contribution is -2.30. The van der Waals surface area contributed by atoms with Crippen LogP contribution >= 0.6 is 35.0 Å². The lowest BCUT2D eigenvalue weighted by molar-refractivity contribution is -0.127. The predicted octanol–water partition coefficient (Wildman–Crippen LogP) is 5.03. The smallest absolute Gasteiger partial charge is 0.242 e. The molecule has 3 rings (SSSR count). The van der Waals surface area contributed by atoms with Crippen molar-refractivity contribution < 1.29 is 14.0 Å². The van der Waals surface area contributed by atoms with Gasteiger partial charge in [0.05, 0.1) is 10.7 Å². The van der Waals surface area contributed by atoms with Gasteiger partial charge >= 0.3 is 0 Å². The van der Waals surface area contributed by atoms with Gasteiger partial charge in [-0.3, -0.25) is 14.5 Å². The van der Waals surface area contributed by atoms with Gasteiger partial charge in [0.2, 0.25) is 11.8 Å². The first kappa shape index (κ1) is 20.6. The van der Waals surface area contributed by atoms with E-state index in [9.17, 15) is 14.0 Å². The highest BCUT2D eigenvalue weighted by molar-refractivity contribution is 8.15. The van der Waals surface area contributed by atoms with Gasteiger partial charge in [-0.1, -0.05) is 41.0 Å². The number of amides is 2. The summed E-state index contributed by atoms with van der Waals surface area (Å²) in [6.07, 6.45) is -0.0109. The van der Waals surface area contributed by atoms with E-state index in [4.69, 9.17) is 23.2 Å². The molecule has 0 spiro atoms. The van der Waals surface area contributed by atoms with Gasteiger partial charge in [-0.05, 0) is 42.8 Å². The van der Waals surface area contributed by atoms with Crippen molar-refractivity contribution >= 4 is 63.3 Å². The molecular weight excluding hydrogens is 424 g/mol. The number of hydrogen-bond donors (Lipinski definition) is 1. The summed E-state index contributed by atoms with van der Waals surface area (Å²) in [5, 5.41) is 3.11. The van der Waals surface area contributed by atoms with Gasteiger partial charge in [0.15, 0.2) is 5.17 Å². The van der Waals surface area contributed by atoms with E-state index in [1.54, 1.807) is 32.2 Å². The molecule has 28 heavy (non-hydrogen) atoms. The second-order valence-corrected chi connectivity index (χ2v) is 8.15. The monoisotopic (exact) mass is 439 g/mol. The molecule has 0 bridgehead atoms. The van der Waals surface area contributed by atoms with Crippen LogP contribution in [0, 0.1) is 12.7 Å². The van der Waals surface area contributed by atoms with Gasteiger partial charge in [-0.15, -0.1) is 0 Å². The van der Waals surface area contributed by atoms with Gasteiger partial charge in [0.1, 0.15) is 11.1 Å². The lowest BCUT2D eigenvalue weighted by Gasteiger charge is -2.11. The Morgan fingerprint density at radius 1 is 1.29 bits per heavy atom. The standard InChI is InChI=1S/C19H16Cl2FN3O2S/c1-10-12(20)4-3-5-15(10)24-17(26)9-16-18(27)25(2)19(28-16)23-11-6-7-14(22)13(21)8-11/h3-8,16H,9H2,1-2H3,(H,24,26)/t16-/m1/s1. The quantitative estimate of drug-likeness (QED) is 0.726. The van der Waals surface area contributed by atoms with Crippen LogP contribution in [-0.4, -0.2) is 34.2 Å². The molecule has 0 saturated carbocycles. The number of carbonyl (C=O) groups excluding carboxylic acids is 2. The minimum atomic E-state index is -0.598. The molecule has 1 fully saturated rings. The largest absolute Gasteiger partial charge is 0.326 e. The number of nitrogens with one attached hydrogen (secondary N) is 1. The number of carbonyl (C=O) groups is 2. The Morgan fingerprint density at radius 2 is 2.04 bits per heavy atom. The van der Waals surface area contributed by atoms with Crippen molar-refractivity contribution in [2.45, 2.75) is 18.6 Å². The van der Waals surface area contributed by atoms with Crippen LogP contribution in [0.5, 0.6) is 0 Å². The molecule has 1 atom stereocenters. The van der Waals surface area contributed by atoms with Crippen LogP contribution in [0.25, 0.3) is 0 Å². The summed E-state index contributed by atoms with van der Waals surface area (Å²) in [5.41, 5.74) is 1.79. The van der Waals surface area contributed by atoms with Crippen LogP contribution in [0.15, 0.2) is 41.4 Å². The van der Waals surface area contributed by atoms with Crippen molar-refractivity contribution in [3.05, 3.63) is 57.8 Å². The Balaban J connectivity index is 1.70. The molecule has 2 amide bonds. The second kappa shape index (κ2) is 8.51. The van der Waals surface area contributed by atoms with Crippen LogP contribution < -0.4 is 5.32 Å². The molecular formula is C19H16Cl2FN3O2S. The van der Waals surface area contributed by atoms with Gasteiger partial charge in [-0.25, -0.2) is 9.38 Å². The second-order valence-electron chi connectivity index (χ2n) is 6.16. The average Bonchev–Trinajstić information content (AvgIpc) is 2.90. The van der Waals surface area contributed by atoms with Crippen molar-refractivity contribution in [3.63, 3.8) is 0 Å². The van der Waals surface area contributed by atoms with Crippen molar-refractivity contribution in [2.24, 2.45) is 4.99 Å². The lowest BCUT2D eigenvalue weighted by atomic mass is 10.2. The summed E-state index contributed by atoms with van der Waals surface area (Å²) in [6.45, 7) is 1.81. The molecule has 1 aliphatic heterocycles. The molecule has 1 N–H and O–H groups in total. The number of nitrogens with zero attached hydrogens (tertiary/aromatic N) is 2. The van der Waals surface area contributed by atoms with Crippen LogP contribution in [0.4, 0.5) is 15.8 Å². The number of halogens is 3. The molecule has 0 aliphatic carbocycles. The predicted molar refractivity (Wildman–Crippen MR) is 112 cm³/mol. The van der Waals surface area contributed by atoms with E-state index in [0.717, 1.165) is 5.56 Å². The van der Waals surface area contributed by atoms with Crippen LogP contribution in [0.1, 0.15) is 12.0 Å². The minimum absolute atomic E-state index is 0.0109. The third-order valence-electron chi connectivity index (χ3n) is 4.18. The third kappa shape index (κ3) is 4.48. The van der Waals surface area contributed by atoms with Gasteiger partial charge in [0, 0.05) is 24.2 Å². The maximum atomic E-state index is 13.3. The number of hydrogen-bond acceptors (Lipinski definition) is 4. The van der Waals surface area contributed by atoms with Crippen LogP contribution in [0.3, 0.4) is 0 Å². The zero-order valence-corrected chi connectivity index (χ0v) is 17.3. The first-order valence-electron chi connectivity index (χ1n) is 8.29. The Labute approximate surface area is 175 Å². The van der Waals surface area contributed by atoms with E-state index in [1.165, 1.54) is 34.9 Å². The van der Waals surface area contributed by atoms with E-state index in [-0.39, 0.29) is 23.3 Å². The van der Waals surface area contributed by atoms with Crippen LogP contribution in [0.2, 0.25) is 10.0 Å². The van der Waals surface area contributed by atoms with E-state index < -0.39 is 11.1 Å². The van der Waals surface area contributed by atoms with Gasteiger partial charge in [-0.2, -0.15) is 0 Å². The highest BCUT2D eigenvalue weighted by atomic mass is 35.5. The fourth-order valence-corrected chi connectivity index (χ4v) is 4.08. The number of thioether (sulfide) groups is 1. The molecule has 2 aromatic carbocycles. The van der Waals surface area contributed by atoms with Crippen molar-refractivity contribution in [1.29, 1.82) is 0 Å². The van der Waals surface area contributed by atoms with Gasteiger partial charge < -0.3 is 5.32 Å². The van der Waals surface area contributed by atoms with E-state index in [1.807, 2.05) is 0 Å². The summed E-state index contributed by atoms with van der Waals surface area (Å²) >= 11 is 13.0. The Kier molecular flexibility index (Phi) is 6.27. The highest BCUT2D eigenvalue weighted by Gasteiger charge is 2.37. The Hall–Kier alpha value is -2.09. The molecule has 9 heteroatoms. The van der Waals surface area contributed by atoms with E-state index in [2.05, 4.69) is 10.3 Å². The Bertz CT molecular complexity index is 984. The molecule has 1 aliphatic rings. The third-order valence-corrected chi connectivity index (χ3v) is 6.11. The molecule has 0 aromatic heterocycles. The topological polar surface area (TPSA) is 61.8 Å². The summed E-state index contributed by atoms with van der Waals surface area (Å²) in [7, 11) is 1.58. The summed E-state index contributed by atoms with van der Waals surface area (Å²) in [5.74, 6) is -1.06. The number of rotatable bonds is 4. The fraction of sp³-hybridized carbons (Fsp3) is 0.211. The fourth-order valence-electron chi connectivity index (χ4n) is 2.57. The molecule has 2 aromatic rings. The van der Waals surface area contributed by atoms with Crippen molar-refractivity contribution in [3.8, 4) is 0 Å². The maximum absolute atomic E-state index is 13.3. The first-order chi connectivity index (χ1) is 13.3. The number of anilines is 1. The molecule has 1 heterocycles. The van der Waals surface area contributed by atoms with E-state index in [0.29, 0.717) is 21.6 Å². The van der Waals surface area contributed by atoms with Gasteiger partial charge in [0.25, 0.3) is 0 Å². The summed E-state index contributed by atoms with van der Waals surface area (Å²) in [4.78, 5) is 30.6. The number of benzene rings is 2. The number of amidine groups is 1.